The lowest BCUT2D eigenvalue weighted by Crippen LogP contribution is -1.96. The molecule has 0 atom stereocenters. The number of fused-ring (bicyclic) bond motifs is 1. The Labute approximate surface area is 98.2 Å². The zero-order valence-corrected chi connectivity index (χ0v) is 9.33. The molecule has 2 heterocycles. The van der Waals surface area contributed by atoms with Gasteiger partial charge in [0.2, 0.25) is 5.88 Å². The molecular weight excluding hydrogens is 214 g/mol. The molecule has 1 aromatic carbocycles. The highest BCUT2D eigenvalue weighted by Gasteiger charge is 2.08. The molecule has 0 unspecified atom stereocenters. The van der Waals surface area contributed by atoms with Gasteiger partial charge in [0.05, 0.1) is 23.6 Å². The number of rotatable bonds is 1. The largest absolute Gasteiger partial charge is 0.493 e. The number of hydrogen-bond donors (Lipinski definition) is 1. The number of nitrogens with zero attached hydrogens (tertiary/aromatic N) is 3. The van der Waals surface area contributed by atoms with Gasteiger partial charge in [-0.25, -0.2) is 0 Å². The summed E-state index contributed by atoms with van der Waals surface area (Å²) in [6.07, 6.45) is 3.33. The second-order valence-electron chi connectivity index (χ2n) is 3.95. The van der Waals surface area contributed by atoms with Crippen molar-refractivity contribution in [2.45, 2.75) is 6.92 Å². The maximum Gasteiger partial charge on any atom is 0.217 e. The molecule has 4 heteroatoms. The van der Waals surface area contributed by atoms with Crippen molar-refractivity contribution in [3.8, 4) is 11.6 Å². The van der Waals surface area contributed by atoms with Crippen LogP contribution < -0.4 is 0 Å². The lowest BCUT2D eigenvalue weighted by atomic mass is 10.2. The van der Waals surface area contributed by atoms with Crippen LogP contribution in [0.2, 0.25) is 0 Å². The van der Waals surface area contributed by atoms with Gasteiger partial charge in [-0.1, -0.05) is 18.2 Å². The van der Waals surface area contributed by atoms with Crippen molar-refractivity contribution < 1.29 is 5.11 Å². The summed E-state index contributed by atoms with van der Waals surface area (Å²) in [4.78, 5) is 4.34. The molecule has 0 spiro atoms. The Bertz CT molecular complexity index is 688. The molecule has 2 aromatic heterocycles. The first-order valence-corrected chi connectivity index (χ1v) is 5.34. The topological polar surface area (TPSA) is 50.9 Å². The zero-order valence-electron chi connectivity index (χ0n) is 9.33. The predicted octanol–water partition coefficient (Wildman–Crippen LogP) is 2.43. The van der Waals surface area contributed by atoms with E-state index in [1.54, 1.807) is 12.4 Å². The third kappa shape index (κ3) is 1.54. The molecule has 4 nitrogen and oxygen atoms in total. The van der Waals surface area contributed by atoms with Gasteiger partial charge in [0.15, 0.2) is 0 Å². The molecule has 1 N–H and O–H groups in total. The summed E-state index contributed by atoms with van der Waals surface area (Å²) >= 11 is 0. The molecule has 0 aliphatic heterocycles. The number of para-hydroxylation sites is 1. The molecule has 3 rings (SSSR count). The van der Waals surface area contributed by atoms with Crippen molar-refractivity contribution in [1.82, 2.24) is 14.8 Å². The predicted molar refractivity (Wildman–Crippen MR) is 65.3 cm³/mol. The number of aromatic hydroxyl groups is 1. The zero-order chi connectivity index (χ0) is 11.8. The van der Waals surface area contributed by atoms with Crippen LogP contribution in [-0.2, 0) is 0 Å². The minimum atomic E-state index is 0.155. The normalized spacial score (nSPS) is 10.9. The molecule has 0 amide bonds. The molecule has 0 radical (unpaired) electrons. The van der Waals surface area contributed by atoms with Crippen molar-refractivity contribution in [1.29, 1.82) is 0 Å². The Balaban J connectivity index is 2.21. The van der Waals surface area contributed by atoms with Crippen LogP contribution in [-0.4, -0.2) is 19.9 Å². The van der Waals surface area contributed by atoms with Crippen LogP contribution in [0.5, 0.6) is 5.88 Å². The van der Waals surface area contributed by atoms with E-state index in [9.17, 15) is 5.11 Å². The minimum absolute atomic E-state index is 0.155. The lowest BCUT2D eigenvalue weighted by Gasteiger charge is -2.04. The number of hydrogen-bond acceptors (Lipinski definition) is 3. The average Bonchev–Trinajstić information content (AvgIpc) is 2.70. The third-order valence-electron chi connectivity index (χ3n) is 2.74. The standard InChI is InChI=1S/C13H11N3O/c1-9-7-15-16(13(9)17)11-6-10-4-2-3-5-12(10)14-8-11/h2-8,17H,1H3. The quantitative estimate of drug-likeness (QED) is 0.692. The Kier molecular flexibility index (Phi) is 2.08. The van der Waals surface area contributed by atoms with Crippen LogP contribution in [0.3, 0.4) is 0 Å². The van der Waals surface area contributed by atoms with Crippen LogP contribution in [0, 0.1) is 6.92 Å². The number of pyridine rings is 1. The fraction of sp³-hybridized carbons (Fsp3) is 0.0769. The Hall–Kier alpha value is -2.36. The first-order valence-electron chi connectivity index (χ1n) is 5.34. The summed E-state index contributed by atoms with van der Waals surface area (Å²) in [5.74, 6) is 0.155. The maximum absolute atomic E-state index is 9.84. The Morgan fingerprint density at radius 3 is 2.76 bits per heavy atom. The molecule has 17 heavy (non-hydrogen) atoms. The summed E-state index contributed by atoms with van der Waals surface area (Å²) in [7, 11) is 0. The second kappa shape index (κ2) is 3.59. The van der Waals surface area contributed by atoms with Crippen LogP contribution >= 0.6 is 0 Å². The highest BCUT2D eigenvalue weighted by molar-refractivity contribution is 5.80. The molecule has 0 saturated carbocycles. The first kappa shape index (κ1) is 9.84. The van der Waals surface area contributed by atoms with Gasteiger partial charge in [-0.15, -0.1) is 0 Å². The SMILES string of the molecule is Cc1cnn(-c2cnc3ccccc3c2)c1O. The van der Waals surface area contributed by atoms with Gasteiger partial charge in [-0.05, 0) is 19.1 Å². The van der Waals surface area contributed by atoms with E-state index in [4.69, 9.17) is 0 Å². The Morgan fingerprint density at radius 2 is 2.00 bits per heavy atom. The summed E-state index contributed by atoms with van der Waals surface area (Å²) in [5.41, 5.74) is 2.44. The van der Waals surface area contributed by atoms with Crippen molar-refractivity contribution >= 4 is 10.9 Å². The highest BCUT2D eigenvalue weighted by Crippen LogP contribution is 2.21. The van der Waals surface area contributed by atoms with Crippen LogP contribution in [0.4, 0.5) is 0 Å². The molecule has 3 aromatic rings. The average molecular weight is 225 g/mol. The van der Waals surface area contributed by atoms with E-state index in [0.717, 1.165) is 22.2 Å². The van der Waals surface area contributed by atoms with E-state index in [-0.39, 0.29) is 5.88 Å². The number of benzene rings is 1. The second-order valence-corrected chi connectivity index (χ2v) is 3.95. The summed E-state index contributed by atoms with van der Waals surface area (Å²) < 4.78 is 1.48. The minimum Gasteiger partial charge on any atom is -0.493 e. The monoisotopic (exact) mass is 225 g/mol. The first-order chi connectivity index (χ1) is 8.25. The van der Waals surface area contributed by atoms with Gasteiger partial charge < -0.3 is 5.11 Å². The molecule has 0 aliphatic carbocycles. The van der Waals surface area contributed by atoms with Crippen LogP contribution in [0.25, 0.3) is 16.6 Å². The van der Waals surface area contributed by atoms with Crippen molar-refractivity contribution in [3.63, 3.8) is 0 Å². The van der Waals surface area contributed by atoms with E-state index in [2.05, 4.69) is 10.1 Å². The van der Waals surface area contributed by atoms with Crippen molar-refractivity contribution in [2.24, 2.45) is 0 Å². The molecule has 0 saturated heterocycles. The van der Waals surface area contributed by atoms with Gasteiger partial charge in [-0.2, -0.15) is 9.78 Å². The van der Waals surface area contributed by atoms with E-state index >= 15 is 0 Å². The van der Waals surface area contributed by atoms with Gasteiger partial charge in [0.1, 0.15) is 0 Å². The fourth-order valence-electron chi connectivity index (χ4n) is 1.79. The summed E-state index contributed by atoms with van der Waals surface area (Å²) in [5, 5.41) is 15.0. The molecule has 84 valence electrons. The van der Waals surface area contributed by atoms with Gasteiger partial charge in [0, 0.05) is 10.9 Å². The molecule has 0 bridgehead atoms. The lowest BCUT2D eigenvalue weighted by molar-refractivity contribution is 0.430. The third-order valence-corrected chi connectivity index (χ3v) is 2.74. The van der Waals surface area contributed by atoms with E-state index in [1.807, 2.05) is 37.3 Å². The van der Waals surface area contributed by atoms with Crippen LogP contribution in [0.15, 0.2) is 42.7 Å². The van der Waals surface area contributed by atoms with Gasteiger partial charge in [0.25, 0.3) is 0 Å². The van der Waals surface area contributed by atoms with Gasteiger partial charge >= 0.3 is 0 Å². The summed E-state index contributed by atoms with van der Waals surface area (Å²) in [6.45, 7) is 1.81. The summed E-state index contributed by atoms with van der Waals surface area (Å²) in [6, 6.07) is 9.80. The van der Waals surface area contributed by atoms with E-state index in [0.29, 0.717) is 0 Å². The van der Waals surface area contributed by atoms with E-state index < -0.39 is 0 Å². The van der Waals surface area contributed by atoms with Crippen molar-refractivity contribution in [3.05, 3.63) is 48.3 Å². The van der Waals surface area contributed by atoms with Gasteiger partial charge in [-0.3, -0.25) is 4.98 Å². The highest BCUT2D eigenvalue weighted by atomic mass is 16.3. The van der Waals surface area contributed by atoms with E-state index in [1.165, 1.54) is 4.68 Å². The molecular formula is C13H11N3O. The number of aryl methyl sites for hydroxylation is 1. The van der Waals surface area contributed by atoms with Crippen LogP contribution in [0.1, 0.15) is 5.56 Å². The molecule has 0 aliphatic rings. The van der Waals surface area contributed by atoms with Crippen molar-refractivity contribution in [2.75, 3.05) is 0 Å². The fourth-order valence-corrected chi connectivity index (χ4v) is 1.79. The Morgan fingerprint density at radius 1 is 1.18 bits per heavy atom. The molecule has 0 fully saturated rings. The smallest absolute Gasteiger partial charge is 0.217 e. The maximum atomic E-state index is 9.84. The number of aromatic nitrogens is 3.